The van der Waals surface area contributed by atoms with E-state index in [1.807, 2.05) is 180 Å². The number of hydrogen-bond acceptors (Lipinski definition) is 0. The minimum absolute atomic E-state index is 0.485. The number of benzene rings is 6. The largest absolute Gasteiger partial charge is 0.0683 e. The molecule has 2 spiro atoms. The van der Waals surface area contributed by atoms with Crippen LogP contribution in [0.25, 0.3) is 0 Å². The third kappa shape index (κ3) is 26.2. The van der Waals surface area contributed by atoms with Crippen LogP contribution in [-0.4, -0.2) is 0 Å². The van der Waals surface area contributed by atoms with Crippen molar-refractivity contribution in [1.29, 1.82) is 0 Å². The molecule has 0 aliphatic heterocycles. The van der Waals surface area contributed by atoms with Crippen LogP contribution in [0, 0.1) is 58.2 Å². The molecule has 0 saturated heterocycles. The van der Waals surface area contributed by atoms with Crippen LogP contribution in [0.5, 0.6) is 0 Å². The molecule has 6 saturated carbocycles. The quantitative estimate of drug-likeness (QED) is 0.102. The first-order valence-corrected chi connectivity index (χ1v) is 48.4. The molecule has 630 valence electrons. The molecule has 6 aliphatic carbocycles. The second-order valence-corrected chi connectivity index (χ2v) is 29.0. The molecule has 110 heavy (non-hydrogen) atoms. The summed E-state index contributed by atoms with van der Waals surface area (Å²) in [5.74, 6) is 10.6. The van der Waals surface area contributed by atoms with Crippen LogP contribution in [0.2, 0.25) is 0 Å². The molecule has 0 nitrogen and oxygen atoms in total. The second kappa shape index (κ2) is 62.7. The molecule has 0 aromatic heterocycles. The number of aryl methyl sites for hydroxylation is 8. The minimum atomic E-state index is 0.485. The zero-order valence-corrected chi connectivity index (χ0v) is 80.9. The lowest BCUT2D eigenvalue weighted by atomic mass is 9.39. The van der Waals surface area contributed by atoms with Crippen LogP contribution in [0.1, 0.15) is 454 Å². The topological polar surface area (TPSA) is 0 Å². The van der Waals surface area contributed by atoms with Crippen molar-refractivity contribution in [3.63, 3.8) is 0 Å². The third-order valence-electron chi connectivity index (χ3n) is 25.8. The highest BCUT2D eigenvalue weighted by Crippen LogP contribution is 2.72. The van der Waals surface area contributed by atoms with E-state index >= 15 is 0 Å². The standard InChI is InChI=1S/2C42H56.13C2H6/c2*1-7-30-16-11-13-20-39(30)34-22-28(5)42-29(6)23-36(41-32(9-3)18-15-19-33(41)10-4)27-38(42)26-35(25-37(42)24-34)40-21-14-12-17-31(40)8-2;13*1-2/h2*11-21,28-29,34-38H,7-10,22-27H2,1-6H3;13*1-2H3/t2*28?,29-,34?,35?,36?,37?,38+,42?;;;;;;;;;;;;;/m00............./s1. The van der Waals surface area contributed by atoms with Crippen LogP contribution < -0.4 is 0 Å². The molecule has 6 aromatic rings. The van der Waals surface area contributed by atoms with E-state index in [1.165, 1.54) is 77.0 Å². The van der Waals surface area contributed by atoms with E-state index in [2.05, 4.69) is 217 Å². The summed E-state index contributed by atoms with van der Waals surface area (Å²) in [6.45, 7) is 81.7. The van der Waals surface area contributed by atoms with Gasteiger partial charge in [0.1, 0.15) is 0 Å². The van der Waals surface area contributed by atoms with Crippen molar-refractivity contribution < 1.29 is 0 Å². The summed E-state index contributed by atoms with van der Waals surface area (Å²) in [5.41, 5.74) is 24.0. The minimum Gasteiger partial charge on any atom is -0.0683 e. The Morgan fingerprint density at radius 3 is 0.518 bits per heavy atom. The highest BCUT2D eigenvalue weighted by atomic mass is 14.7. The molecule has 6 aromatic carbocycles. The molecule has 0 amide bonds. The van der Waals surface area contributed by atoms with Crippen molar-refractivity contribution in [1.82, 2.24) is 0 Å². The smallest absolute Gasteiger partial charge is 0.0151 e. The molecule has 6 fully saturated rings. The van der Waals surface area contributed by atoms with Crippen LogP contribution in [0.15, 0.2) is 133 Å². The lowest BCUT2D eigenvalue weighted by molar-refractivity contribution is -0.139. The first-order valence-electron chi connectivity index (χ1n) is 48.4. The van der Waals surface area contributed by atoms with Gasteiger partial charge < -0.3 is 0 Å². The van der Waals surface area contributed by atoms with Crippen molar-refractivity contribution in [2.75, 3.05) is 0 Å². The van der Waals surface area contributed by atoms with Crippen LogP contribution >= 0.6 is 0 Å². The maximum Gasteiger partial charge on any atom is -0.0151 e. The Bertz CT molecular complexity index is 2890. The predicted octanol–water partition coefficient (Wildman–Crippen LogP) is 36.3. The van der Waals surface area contributed by atoms with Gasteiger partial charge in [-0.15, -0.1) is 0 Å². The van der Waals surface area contributed by atoms with E-state index in [1.54, 1.807) is 77.9 Å². The van der Waals surface area contributed by atoms with Crippen molar-refractivity contribution in [3.8, 4) is 0 Å². The molecule has 0 heteroatoms. The highest BCUT2D eigenvalue weighted by Gasteiger charge is 2.63. The Labute approximate surface area is 692 Å². The van der Waals surface area contributed by atoms with Crippen molar-refractivity contribution in [2.45, 2.75) is 427 Å². The second-order valence-electron chi connectivity index (χ2n) is 29.0. The summed E-state index contributed by atoms with van der Waals surface area (Å²) in [4.78, 5) is 0. The van der Waals surface area contributed by atoms with Crippen LogP contribution in [0.4, 0.5) is 0 Å². The van der Waals surface area contributed by atoms with E-state index in [4.69, 9.17) is 0 Å². The highest BCUT2D eigenvalue weighted by molar-refractivity contribution is 5.43. The van der Waals surface area contributed by atoms with Gasteiger partial charge in [-0.05, 0) is 300 Å². The molecule has 0 N–H and O–H groups in total. The Balaban J connectivity index is -0.00000161. The summed E-state index contributed by atoms with van der Waals surface area (Å²) in [5, 5.41) is 0. The molecule has 0 bridgehead atoms. The SMILES string of the molecule is CC.CC.CC.CC.CC.CC.CC.CC.CC.CC.CC.CC.CC.CCc1ccccc1C1CC(C)C23C(C1)CC(c1ccccc1CC)C[C@@H]2CC(c1c(CC)cccc1CC)C[C@@H]3C.CCc1ccccc1C1CC(C)C23C(C1)CC(c1ccccc1CC)C[C@@H]2CC(c1c(CC)cccc1CC)C[C@@H]3C. The normalized spacial score (nSPS) is 25.7. The van der Waals surface area contributed by atoms with Gasteiger partial charge in [0.25, 0.3) is 0 Å². The molecule has 6 aliphatic rings. The van der Waals surface area contributed by atoms with Gasteiger partial charge >= 0.3 is 0 Å². The Morgan fingerprint density at radius 1 is 0.191 bits per heavy atom. The number of hydrogen-bond donors (Lipinski definition) is 0. The average Bonchev–Trinajstić information content (AvgIpc) is 0.712. The monoisotopic (exact) mass is 1510 g/mol. The fourth-order valence-electron chi connectivity index (χ4n) is 22.8. The van der Waals surface area contributed by atoms with Gasteiger partial charge in [0.05, 0.1) is 0 Å². The van der Waals surface area contributed by atoms with Gasteiger partial charge in [0.15, 0.2) is 0 Å². The Morgan fingerprint density at radius 2 is 0.336 bits per heavy atom. The van der Waals surface area contributed by atoms with Crippen molar-refractivity contribution in [3.05, 3.63) is 211 Å². The summed E-state index contributed by atoms with van der Waals surface area (Å²) in [6, 6.07) is 52.3. The summed E-state index contributed by atoms with van der Waals surface area (Å²) < 4.78 is 0. The van der Waals surface area contributed by atoms with E-state index < -0.39 is 0 Å². The zero-order chi connectivity index (χ0) is 84.9. The first-order chi connectivity index (χ1) is 53.9. The average molecular weight is 1510 g/mol. The first kappa shape index (κ1) is 109. The third-order valence-corrected chi connectivity index (χ3v) is 25.8. The van der Waals surface area contributed by atoms with Gasteiger partial charge in [-0.25, -0.2) is 0 Å². The molecule has 16 atom stereocenters. The van der Waals surface area contributed by atoms with E-state index in [0.717, 1.165) is 98.7 Å². The maximum absolute atomic E-state index is 2.70. The van der Waals surface area contributed by atoms with Crippen molar-refractivity contribution in [2.24, 2.45) is 58.2 Å². The molecular weight excluding hydrogens is 1320 g/mol. The van der Waals surface area contributed by atoms with Gasteiger partial charge in [-0.2, -0.15) is 0 Å². The fourth-order valence-corrected chi connectivity index (χ4v) is 22.8. The molecule has 0 heterocycles. The number of rotatable bonds is 14. The lowest BCUT2D eigenvalue weighted by Gasteiger charge is -2.65. The Hall–Kier alpha value is -4.68. The Kier molecular flexibility index (Phi) is 62.4. The van der Waals surface area contributed by atoms with E-state index in [-0.39, 0.29) is 0 Å². The zero-order valence-electron chi connectivity index (χ0n) is 80.9. The summed E-state index contributed by atoms with van der Waals surface area (Å²) in [6.07, 6.45) is 25.9. The summed E-state index contributed by atoms with van der Waals surface area (Å²) >= 11 is 0. The van der Waals surface area contributed by atoms with Gasteiger partial charge in [-0.1, -0.05) is 397 Å². The van der Waals surface area contributed by atoms with E-state index in [9.17, 15) is 0 Å². The molecule has 12 rings (SSSR count). The molecule has 12 unspecified atom stereocenters. The summed E-state index contributed by atoms with van der Waals surface area (Å²) in [7, 11) is 0. The molecule has 0 radical (unpaired) electrons. The van der Waals surface area contributed by atoms with Gasteiger partial charge in [-0.3, -0.25) is 0 Å². The van der Waals surface area contributed by atoms with Gasteiger partial charge in [0.2, 0.25) is 0 Å². The van der Waals surface area contributed by atoms with Crippen LogP contribution in [0.3, 0.4) is 0 Å². The fraction of sp³-hybridized carbons (Fsp3) is 0.673. The maximum atomic E-state index is 2.70. The lowest BCUT2D eigenvalue weighted by Crippen LogP contribution is -2.57. The van der Waals surface area contributed by atoms with Crippen LogP contribution in [-0.2, 0) is 51.4 Å². The van der Waals surface area contributed by atoms with E-state index in [0.29, 0.717) is 46.3 Å². The predicted molar refractivity (Wildman–Crippen MR) is 509 cm³/mol. The molecular formula is C110H190. The van der Waals surface area contributed by atoms with Gasteiger partial charge in [0, 0.05) is 0 Å². The van der Waals surface area contributed by atoms with Crippen molar-refractivity contribution >= 4 is 0 Å².